The molecule has 2 saturated carbocycles. The molecule has 0 aromatic heterocycles. The van der Waals surface area contributed by atoms with Crippen LogP contribution in [-0.4, -0.2) is 12.5 Å². The number of hydrogen-bond donors (Lipinski definition) is 1. The largest absolute Gasteiger partial charge is 0.356 e. The van der Waals surface area contributed by atoms with E-state index < -0.39 is 0 Å². The van der Waals surface area contributed by atoms with Gasteiger partial charge in [0, 0.05) is 12.5 Å². The van der Waals surface area contributed by atoms with Crippen LogP contribution in [-0.2, 0) is 4.79 Å². The zero-order valence-corrected chi connectivity index (χ0v) is 10.3. The molecule has 1 N–H and O–H groups in total. The van der Waals surface area contributed by atoms with Gasteiger partial charge in [-0.2, -0.15) is 0 Å². The highest BCUT2D eigenvalue weighted by molar-refractivity contribution is 5.78. The quantitative estimate of drug-likeness (QED) is 0.781. The predicted molar refractivity (Wildman–Crippen MR) is 66.2 cm³/mol. The average molecular weight is 223 g/mol. The summed E-state index contributed by atoms with van der Waals surface area (Å²) in [6, 6.07) is 0. The van der Waals surface area contributed by atoms with E-state index in [0.717, 1.165) is 25.3 Å². The van der Waals surface area contributed by atoms with Gasteiger partial charge in [-0.15, -0.1) is 0 Å². The Morgan fingerprint density at radius 2 is 1.44 bits per heavy atom. The molecule has 2 fully saturated rings. The molecule has 2 aliphatic carbocycles. The van der Waals surface area contributed by atoms with Gasteiger partial charge in [0.25, 0.3) is 0 Å². The van der Waals surface area contributed by atoms with Crippen molar-refractivity contribution in [3.05, 3.63) is 0 Å². The van der Waals surface area contributed by atoms with Crippen molar-refractivity contribution in [2.24, 2.45) is 11.8 Å². The van der Waals surface area contributed by atoms with E-state index in [9.17, 15) is 4.79 Å². The molecule has 0 aliphatic heterocycles. The highest BCUT2D eigenvalue weighted by atomic mass is 16.1. The fourth-order valence-corrected chi connectivity index (χ4v) is 3.15. The molecule has 92 valence electrons. The number of hydrogen-bond acceptors (Lipinski definition) is 1. The van der Waals surface area contributed by atoms with Gasteiger partial charge in [0.05, 0.1) is 0 Å². The third-order valence-corrected chi connectivity index (χ3v) is 4.27. The zero-order valence-electron chi connectivity index (χ0n) is 10.3. The summed E-state index contributed by atoms with van der Waals surface area (Å²) in [5.41, 5.74) is 0. The fraction of sp³-hybridized carbons (Fsp3) is 0.929. The molecule has 0 aromatic carbocycles. The van der Waals surface area contributed by atoms with Gasteiger partial charge in [-0.3, -0.25) is 4.79 Å². The Morgan fingerprint density at radius 3 is 2.06 bits per heavy atom. The third kappa shape index (κ3) is 3.50. The Labute approximate surface area is 99.2 Å². The second-order valence-electron chi connectivity index (χ2n) is 5.58. The zero-order chi connectivity index (χ0) is 11.2. The van der Waals surface area contributed by atoms with Gasteiger partial charge >= 0.3 is 0 Å². The predicted octanol–water partition coefficient (Wildman–Crippen LogP) is 3.26. The van der Waals surface area contributed by atoms with Crippen LogP contribution in [0.4, 0.5) is 0 Å². The third-order valence-electron chi connectivity index (χ3n) is 4.27. The van der Waals surface area contributed by atoms with Gasteiger partial charge in [0.15, 0.2) is 0 Å². The molecule has 0 radical (unpaired) electrons. The molecule has 0 heterocycles. The van der Waals surface area contributed by atoms with E-state index in [1.165, 1.54) is 51.4 Å². The Morgan fingerprint density at radius 1 is 0.875 bits per heavy atom. The lowest BCUT2D eigenvalue weighted by atomic mass is 9.87. The van der Waals surface area contributed by atoms with Crippen LogP contribution in [0.5, 0.6) is 0 Å². The summed E-state index contributed by atoms with van der Waals surface area (Å²) in [7, 11) is 0. The number of nitrogens with one attached hydrogen (secondary N) is 1. The maximum absolute atomic E-state index is 11.9. The van der Waals surface area contributed by atoms with Crippen molar-refractivity contribution >= 4 is 5.91 Å². The summed E-state index contributed by atoms with van der Waals surface area (Å²) >= 11 is 0. The van der Waals surface area contributed by atoms with Gasteiger partial charge < -0.3 is 5.32 Å². The number of amides is 1. The summed E-state index contributed by atoms with van der Waals surface area (Å²) < 4.78 is 0. The minimum atomic E-state index is 0.331. The van der Waals surface area contributed by atoms with E-state index in [1.54, 1.807) is 0 Å². The maximum Gasteiger partial charge on any atom is 0.223 e. The molecule has 0 spiro atoms. The Hall–Kier alpha value is -0.530. The number of carbonyl (C=O) groups is 1. The number of rotatable bonds is 3. The van der Waals surface area contributed by atoms with Gasteiger partial charge in [-0.05, 0) is 31.6 Å². The molecule has 2 nitrogen and oxygen atoms in total. The van der Waals surface area contributed by atoms with Crippen molar-refractivity contribution in [2.75, 3.05) is 6.54 Å². The highest BCUT2D eigenvalue weighted by Crippen LogP contribution is 2.25. The minimum absolute atomic E-state index is 0.331. The van der Waals surface area contributed by atoms with E-state index >= 15 is 0 Å². The Bertz CT molecular complexity index is 215. The molecule has 16 heavy (non-hydrogen) atoms. The van der Waals surface area contributed by atoms with Crippen LogP contribution in [0.1, 0.15) is 64.2 Å². The van der Waals surface area contributed by atoms with E-state index in [2.05, 4.69) is 5.32 Å². The minimum Gasteiger partial charge on any atom is -0.356 e. The first kappa shape index (κ1) is 11.9. The van der Waals surface area contributed by atoms with Gasteiger partial charge in [-0.1, -0.05) is 38.5 Å². The number of carbonyl (C=O) groups excluding carboxylic acids is 1. The van der Waals surface area contributed by atoms with E-state index in [-0.39, 0.29) is 0 Å². The van der Waals surface area contributed by atoms with Crippen LogP contribution in [0.25, 0.3) is 0 Å². The average Bonchev–Trinajstić information content (AvgIpc) is 2.38. The van der Waals surface area contributed by atoms with Crippen LogP contribution in [0, 0.1) is 11.8 Å². The summed E-state index contributed by atoms with van der Waals surface area (Å²) in [4.78, 5) is 11.9. The first-order valence-corrected chi connectivity index (χ1v) is 7.14. The summed E-state index contributed by atoms with van der Waals surface area (Å²) in [5.74, 6) is 1.43. The molecule has 2 rings (SSSR count). The van der Waals surface area contributed by atoms with E-state index in [4.69, 9.17) is 0 Å². The van der Waals surface area contributed by atoms with Gasteiger partial charge in [0.1, 0.15) is 0 Å². The van der Waals surface area contributed by atoms with Gasteiger partial charge in [-0.25, -0.2) is 0 Å². The molecule has 0 saturated heterocycles. The molecule has 0 bridgehead atoms. The van der Waals surface area contributed by atoms with Crippen molar-refractivity contribution in [2.45, 2.75) is 64.2 Å². The second kappa shape index (κ2) is 6.27. The smallest absolute Gasteiger partial charge is 0.223 e. The van der Waals surface area contributed by atoms with Gasteiger partial charge in [0.2, 0.25) is 5.91 Å². The van der Waals surface area contributed by atoms with Crippen molar-refractivity contribution in [1.29, 1.82) is 0 Å². The first-order valence-electron chi connectivity index (χ1n) is 7.14. The standard InChI is InChI=1S/C14H25NO/c16-14(13-9-5-2-6-10-13)15-11-12-7-3-1-4-8-12/h12-13H,1-11H2,(H,15,16). The molecule has 2 heteroatoms. The Kier molecular flexibility index (Phi) is 4.68. The summed E-state index contributed by atoms with van der Waals surface area (Å²) in [5, 5.41) is 3.18. The molecule has 1 amide bonds. The molecular formula is C14H25NO. The highest BCUT2D eigenvalue weighted by Gasteiger charge is 2.22. The van der Waals surface area contributed by atoms with Crippen molar-refractivity contribution in [1.82, 2.24) is 5.32 Å². The van der Waals surface area contributed by atoms with Crippen LogP contribution in [0.3, 0.4) is 0 Å². The normalized spacial score (nSPS) is 24.2. The lowest BCUT2D eigenvalue weighted by Gasteiger charge is -2.25. The lowest BCUT2D eigenvalue weighted by molar-refractivity contribution is -0.126. The molecular weight excluding hydrogens is 198 g/mol. The van der Waals surface area contributed by atoms with Crippen molar-refractivity contribution in [3.63, 3.8) is 0 Å². The van der Waals surface area contributed by atoms with Crippen LogP contribution in [0.2, 0.25) is 0 Å². The van der Waals surface area contributed by atoms with E-state index in [1.807, 2.05) is 0 Å². The molecule has 0 aromatic rings. The molecule has 0 atom stereocenters. The lowest BCUT2D eigenvalue weighted by Crippen LogP contribution is -2.35. The summed E-state index contributed by atoms with van der Waals surface area (Å²) in [6.45, 7) is 0.940. The van der Waals surface area contributed by atoms with Crippen molar-refractivity contribution in [3.8, 4) is 0 Å². The molecule has 2 aliphatic rings. The van der Waals surface area contributed by atoms with Crippen molar-refractivity contribution < 1.29 is 4.79 Å². The van der Waals surface area contributed by atoms with Crippen LogP contribution in [0.15, 0.2) is 0 Å². The molecule has 0 unspecified atom stereocenters. The van der Waals surface area contributed by atoms with Crippen LogP contribution >= 0.6 is 0 Å². The first-order chi connectivity index (χ1) is 7.86. The maximum atomic E-state index is 11.9. The fourth-order valence-electron chi connectivity index (χ4n) is 3.15. The topological polar surface area (TPSA) is 29.1 Å². The van der Waals surface area contributed by atoms with E-state index in [0.29, 0.717) is 11.8 Å². The summed E-state index contributed by atoms with van der Waals surface area (Å²) in [6.07, 6.45) is 12.8. The second-order valence-corrected chi connectivity index (χ2v) is 5.58. The monoisotopic (exact) mass is 223 g/mol. The Balaban J connectivity index is 1.65. The van der Waals surface area contributed by atoms with Crippen LogP contribution < -0.4 is 5.32 Å². The SMILES string of the molecule is O=C(NCC1CCCCC1)C1CCCCC1.